The third kappa shape index (κ3) is 9.60. The molecule has 0 aromatic rings. The van der Waals surface area contributed by atoms with Crippen molar-refractivity contribution in [3.05, 3.63) is 57.2 Å². The first-order valence-corrected chi connectivity index (χ1v) is 12.3. The standard InChI is InChI=1S/C29H48O3/c1-20(2)12-9-13-21(3)14-10-15-22(4)16-11-18-29(8,32)19-17-26-25(7)27(30)23(5)24(6)28(26)31/h12,14,16,27-28,30-32H,9-11,13,15,17-19H2,1-8H3/b21-14+,22-16+. The normalized spacial score (nSPS) is 22.3. The van der Waals surface area contributed by atoms with Gasteiger partial charge in [0.1, 0.15) is 0 Å². The highest BCUT2D eigenvalue weighted by molar-refractivity contribution is 5.41. The highest BCUT2D eigenvalue weighted by atomic mass is 16.3. The lowest BCUT2D eigenvalue weighted by molar-refractivity contribution is 0.0415. The molecule has 0 spiro atoms. The quantitative estimate of drug-likeness (QED) is 0.281. The van der Waals surface area contributed by atoms with E-state index in [0.717, 1.165) is 54.4 Å². The van der Waals surface area contributed by atoms with E-state index in [2.05, 4.69) is 45.9 Å². The van der Waals surface area contributed by atoms with Gasteiger partial charge in [0.2, 0.25) is 0 Å². The van der Waals surface area contributed by atoms with Crippen molar-refractivity contribution in [3.63, 3.8) is 0 Å². The molecule has 1 rings (SSSR count). The molecule has 0 radical (unpaired) electrons. The average molecular weight is 445 g/mol. The second-order valence-corrected chi connectivity index (χ2v) is 10.4. The van der Waals surface area contributed by atoms with Crippen LogP contribution in [-0.4, -0.2) is 33.1 Å². The number of hydrogen-bond donors (Lipinski definition) is 3. The van der Waals surface area contributed by atoms with Gasteiger partial charge in [0.25, 0.3) is 0 Å². The molecule has 0 aromatic heterocycles. The zero-order chi connectivity index (χ0) is 24.5. The maximum Gasteiger partial charge on any atom is 0.0965 e. The molecule has 0 aromatic carbocycles. The molecule has 32 heavy (non-hydrogen) atoms. The van der Waals surface area contributed by atoms with Gasteiger partial charge in [-0.1, -0.05) is 34.9 Å². The van der Waals surface area contributed by atoms with Gasteiger partial charge in [-0.3, -0.25) is 0 Å². The van der Waals surface area contributed by atoms with Crippen molar-refractivity contribution in [1.29, 1.82) is 0 Å². The highest BCUT2D eigenvalue weighted by Gasteiger charge is 2.30. The molecule has 3 unspecified atom stereocenters. The van der Waals surface area contributed by atoms with Gasteiger partial charge in [0.05, 0.1) is 17.8 Å². The van der Waals surface area contributed by atoms with Crippen LogP contribution < -0.4 is 0 Å². The maximum absolute atomic E-state index is 10.9. The van der Waals surface area contributed by atoms with Crippen LogP contribution in [0.5, 0.6) is 0 Å². The topological polar surface area (TPSA) is 60.7 Å². The summed E-state index contributed by atoms with van der Waals surface area (Å²) >= 11 is 0. The fourth-order valence-electron chi connectivity index (χ4n) is 4.24. The van der Waals surface area contributed by atoms with E-state index >= 15 is 0 Å². The number of rotatable bonds is 12. The van der Waals surface area contributed by atoms with Crippen molar-refractivity contribution < 1.29 is 15.3 Å². The maximum atomic E-state index is 10.9. The van der Waals surface area contributed by atoms with E-state index in [-0.39, 0.29) is 0 Å². The Hall–Kier alpha value is -1.42. The van der Waals surface area contributed by atoms with Gasteiger partial charge in [-0.05, 0) is 129 Å². The number of aliphatic hydroxyl groups excluding tert-OH is 2. The Morgan fingerprint density at radius 3 is 1.81 bits per heavy atom. The first-order valence-electron chi connectivity index (χ1n) is 12.3. The minimum absolute atomic E-state index is 0.580. The molecule has 0 saturated heterocycles. The third-order valence-corrected chi connectivity index (χ3v) is 6.92. The smallest absolute Gasteiger partial charge is 0.0965 e. The zero-order valence-electron chi connectivity index (χ0n) is 21.9. The van der Waals surface area contributed by atoms with Gasteiger partial charge in [-0.2, -0.15) is 0 Å². The van der Waals surface area contributed by atoms with Crippen molar-refractivity contribution >= 4 is 0 Å². The third-order valence-electron chi connectivity index (χ3n) is 6.92. The van der Waals surface area contributed by atoms with E-state index in [1.807, 2.05) is 27.7 Å². The van der Waals surface area contributed by atoms with Gasteiger partial charge >= 0.3 is 0 Å². The molecule has 1 aliphatic rings. The van der Waals surface area contributed by atoms with Crippen LogP contribution in [-0.2, 0) is 0 Å². The highest BCUT2D eigenvalue weighted by Crippen LogP contribution is 2.34. The van der Waals surface area contributed by atoms with Crippen LogP contribution in [0.3, 0.4) is 0 Å². The fourth-order valence-corrected chi connectivity index (χ4v) is 4.24. The van der Waals surface area contributed by atoms with Crippen molar-refractivity contribution in [1.82, 2.24) is 0 Å². The largest absolute Gasteiger partial charge is 0.390 e. The second kappa shape index (κ2) is 13.3. The summed E-state index contributed by atoms with van der Waals surface area (Å²) in [6.07, 6.45) is 12.7. The van der Waals surface area contributed by atoms with Crippen LogP contribution in [0.4, 0.5) is 0 Å². The van der Waals surface area contributed by atoms with Crippen molar-refractivity contribution in [2.75, 3.05) is 0 Å². The first-order chi connectivity index (χ1) is 14.9. The number of hydrogen-bond acceptors (Lipinski definition) is 3. The summed E-state index contributed by atoms with van der Waals surface area (Å²) < 4.78 is 0. The Bertz CT molecular complexity index is 770. The van der Waals surface area contributed by atoms with E-state index < -0.39 is 17.8 Å². The molecule has 1 aliphatic carbocycles. The summed E-state index contributed by atoms with van der Waals surface area (Å²) in [5.74, 6) is 0. The van der Waals surface area contributed by atoms with Crippen molar-refractivity contribution in [3.8, 4) is 0 Å². The Morgan fingerprint density at radius 2 is 1.25 bits per heavy atom. The van der Waals surface area contributed by atoms with Gasteiger partial charge in [-0.25, -0.2) is 0 Å². The molecular formula is C29H48O3. The van der Waals surface area contributed by atoms with E-state index in [1.165, 1.54) is 16.7 Å². The molecule has 182 valence electrons. The van der Waals surface area contributed by atoms with Crippen LogP contribution in [0.2, 0.25) is 0 Å². The van der Waals surface area contributed by atoms with Crippen LogP contribution >= 0.6 is 0 Å². The lowest BCUT2D eigenvalue weighted by Crippen LogP contribution is -2.30. The lowest BCUT2D eigenvalue weighted by Gasteiger charge is -2.32. The Kier molecular flexibility index (Phi) is 11.9. The summed E-state index contributed by atoms with van der Waals surface area (Å²) in [6, 6.07) is 0. The molecular weight excluding hydrogens is 396 g/mol. The van der Waals surface area contributed by atoms with E-state index in [1.54, 1.807) is 0 Å². The van der Waals surface area contributed by atoms with Gasteiger partial charge < -0.3 is 15.3 Å². The molecule has 0 bridgehead atoms. The summed E-state index contributed by atoms with van der Waals surface area (Å²) in [5, 5.41) is 31.9. The van der Waals surface area contributed by atoms with Gasteiger partial charge in [0.15, 0.2) is 0 Å². The predicted octanol–water partition coefficient (Wildman–Crippen LogP) is 7.11. The Balaban J connectivity index is 2.47. The minimum atomic E-state index is -0.791. The summed E-state index contributed by atoms with van der Waals surface area (Å²) in [7, 11) is 0. The first kappa shape index (κ1) is 28.6. The zero-order valence-corrected chi connectivity index (χ0v) is 21.9. The van der Waals surface area contributed by atoms with Crippen molar-refractivity contribution in [2.24, 2.45) is 0 Å². The van der Waals surface area contributed by atoms with Crippen LogP contribution in [0, 0.1) is 0 Å². The Morgan fingerprint density at radius 1 is 0.750 bits per heavy atom. The predicted molar refractivity (Wildman–Crippen MR) is 138 cm³/mol. The fraction of sp³-hybridized carbons (Fsp3) is 0.655. The van der Waals surface area contributed by atoms with Crippen molar-refractivity contribution in [2.45, 2.75) is 125 Å². The second-order valence-electron chi connectivity index (χ2n) is 10.4. The summed E-state index contributed by atoms with van der Waals surface area (Å²) in [4.78, 5) is 0. The monoisotopic (exact) mass is 444 g/mol. The molecule has 0 fully saturated rings. The molecule has 0 heterocycles. The SMILES string of the molecule is CC(C)=CCC/C(C)=C/CC/C(C)=C/CCC(C)(O)CCC1=C(C)C(O)C(C)=C(C)C1O. The minimum Gasteiger partial charge on any atom is -0.390 e. The molecule has 0 amide bonds. The molecule has 3 atom stereocenters. The Labute approximate surface area is 197 Å². The molecule has 3 heteroatoms. The number of aliphatic hydroxyl groups is 3. The lowest BCUT2D eigenvalue weighted by atomic mass is 9.80. The van der Waals surface area contributed by atoms with Gasteiger partial charge in [-0.15, -0.1) is 0 Å². The van der Waals surface area contributed by atoms with E-state index in [9.17, 15) is 15.3 Å². The van der Waals surface area contributed by atoms with Crippen LogP contribution in [0.15, 0.2) is 57.2 Å². The summed E-state index contributed by atoms with van der Waals surface area (Å²) in [6.45, 7) is 16.2. The molecule has 3 N–H and O–H groups in total. The average Bonchev–Trinajstić information content (AvgIpc) is 2.70. The summed E-state index contributed by atoms with van der Waals surface area (Å²) in [5.41, 5.74) is 6.78. The van der Waals surface area contributed by atoms with E-state index in [0.29, 0.717) is 19.3 Å². The molecule has 0 saturated carbocycles. The van der Waals surface area contributed by atoms with Gasteiger partial charge in [0, 0.05) is 0 Å². The van der Waals surface area contributed by atoms with Crippen LogP contribution in [0.1, 0.15) is 107 Å². The number of allylic oxidation sites excluding steroid dienone is 6. The molecule has 0 aliphatic heterocycles. The molecule has 3 nitrogen and oxygen atoms in total. The van der Waals surface area contributed by atoms with E-state index in [4.69, 9.17) is 0 Å². The van der Waals surface area contributed by atoms with Crippen LogP contribution in [0.25, 0.3) is 0 Å².